The van der Waals surface area contributed by atoms with E-state index in [1.165, 1.54) is 5.56 Å². The molecule has 26 heavy (non-hydrogen) atoms. The fourth-order valence-electron chi connectivity index (χ4n) is 3.31. The van der Waals surface area contributed by atoms with Gasteiger partial charge in [0.25, 0.3) is 0 Å². The normalized spacial score (nSPS) is 14.8. The van der Waals surface area contributed by atoms with E-state index in [2.05, 4.69) is 35.1 Å². The molecule has 0 unspecified atom stereocenters. The van der Waals surface area contributed by atoms with Crippen LogP contribution in [0.4, 0.5) is 0 Å². The van der Waals surface area contributed by atoms with Gasteiger partial charge >= 0.3 is 11.8 Å². The Labute approximate surface area is 154 Å². The summed E-state index contributed by atoms with van der Waals surface area (Å²) in [5.74, 6) is -0.480. The van der Waals surface area contributed by atoms with Crippen molar-refractivity contribution >= 4 is 11.8 Å². The number of benzene rings is 2. The summed E-state index contributed by atoms with van der Waals surface area (Å²) in [6.07, 6.45) is 2.91. The molecule has 0 radical (unpaired) electrons. The van der Waals surface area contributed by atoms with Crippen LogP contribution in [0.5, 0.6) is 0 Å². The van der Waals surface area contributed by atoms with Crippen molar-refractivity contribution in [2.24, 2.45) is 5.92 Å². The zero-order valence-electron chi connectivity index (χ0n) is 14.9. The second-order valence-corrected chi connectivity index (χ2v) is 6.72. The Hall–Kier alpha value is -2.66. The Balaban J connectivity index is 1.39. The van der Waals surface area contributed by atoms with Crippen molar-refractivity contribution in [3.05, 3.63) is 71.8 Å². The molecular weight excluding hydrogens is 326 g/mol. The van der Waals surface area contributed by atoms with Gasteiger partial charge in [0.15, 0.2) is 0 Å². The molecular formula is C21H25N3O2. The minimum atomic E-state index is -0.595. The van der Waals surface area contributed by atoms with Crippen LogP contribution in [0.3, 0.4) is 0 Å². The van der Waals surface area contributed by atoms with E-state index >= 15 is 0 Å². The number of nitrogens with zero attached hydrogens (tertiary/aromatic N) is 1. The van der Waals surface area contributed by atoms with Crippen molar-refractivity contribution in [3.63, 3.8) is 0 Å². The highest BCUT2D eigenvalue weighted by atomic mass is 16.2. The van der Waals surface area contributed by atoms with Crippen molar-refractivity contribution in [3.8, 4) is 0 Å². The largest absolute Gasteiger partial charge is 0.334 e. The van der Waals surface area contributed by atoms with E-state index in [9.17, 15) is 9.59 Å². The van der Waals surface area contributed by atoms with Crippen LogP contribution < -0.4 is 10.9 Å². The number of likely N-dealkylation sites (tertiary alicyclic amines) is 1. The van der Waals surface area contributed by atoms with Crippen LogP contribution in [0.2, 0.25) is 0 Å². The molecule has 0 aromatic heterocycles. The molecule has 1 heterocycles. The quantitative estimate of drug-likeness (QED) is 0.642. The van der Waals surface area contributed by atoms with Gasteiger partial charge in [-0.3, -0.25) is 15.0 Å². The molecule has 5 heteroatoms. The summed E-state index contributed by atoms with van der Waals surface area (Å²) >= 11 is 0. The first-order chi connectivity index (χ1) is 12.7. The highest BCUT2D eigenvalue weighted by Gasteiger charge is 2.26. The van der Waals surface area contributed by atoms with Crippen LogP contribution in [-0.4, -0.2) is 29.8 Å². The number of hydrogen-bond donors (Lipinski definition) is 2. The summed E-state index contributed by atoms with van der Waals surface area (Å²) < 4.78 is 0. The number of carbonyl (C=O) groups is 2. The van der Waals surface area contributed by atoms with Gasteiger partial charge in [0, 0.05) is 19.6 Å². The summed E-state index contributed by atoms with van der Waals surface area (Å²) in [5.41, 5.74) is 7.69. The zero-order chi connectivity index (χ0) is 18.2. The number of amides is 2. The van der Waals surface area contributed by atoms with E-state index in [-0.39, 0.29) is 0 Å². The van der Waals surface area contributed by atoms with Crippen LogP contribution in [0.1, 0.15) is 24.0 Å². The Morgan fingerprint density at radius 3 is 2.08 bits per heavy atom. The summed E-state index contributed by atoms with van der Waals surface area (Å²) in [4.78, 5) is 26.0. The van der Waals surface area contributed by atoms with Gasteiger partial charge < -0.3 is 4.90 Å². The molecule has 1 aliphatic rings. The number of piperidine rings is 1. The monoisotopic (exact) mass is 351 g/mol. The van der Waals surface area contributed by atoms with Gasteiger partial charge in [-0.25, -0.2) is 5.43 Å². The highest BCUT2D eigenvalue weighted by Crippen LogP contribution is 2.21. The van der Waals surface area contributed by atoms with Crippen molar-refractivity contribution in [2.45, 2.75) is 25.8 Å². The minimum absolute atomic E-state index is 0.455. The molecule has 2 N–H and O–H groups in total. The lowest BCUT2D eigenvalue weighted by Crippen LogP contribution is -2.50. The maximum atomic E-state index is 12.3. The molecule has 3 rings (SSSR count). The highest BCUT2D eigenvalue weighted by molar-refractivity contribution is 6.34. The molecule has 2 aromatic rings. The summed E-state index contributed by atoms with van der Waals surface area (Å²) in [6, 6.07) is 20.1. The third-order valence-electron chi connectivity index (χ3n) is 4.80. The Morgan fingerprint density at radius 1 is 0.885 bits per heavy atom. The predicted molar refractivity (Wildman–Crippen MR) is 101 cm³/mol. The summed E-state index contributed by atoms with van der Waals surface area (Å²) in [6.45, 7) is 1.77. The number of rotatable bonds is 5. The van der Waals surface area contributed by atoms with E-state index in [1.54, 1.807) is 4.90 Å². The molecule has 5 nitrogen and oxygen atoms in total. The summed E-state index contributed by atoms with van der Waals surface area (Å²) in [7, 11) is 0. The molecule has 2 aromatic carbocycles. The van der Waals surface area contributed by atoms with Gasteiger partial charge in [-0.05, 0) is 36.3 Å². The second kappa shape index (κ2) is 9.15. The molecule has 1 saturated heterocycles. The minimum Gasteiger partial charge on any atom is -0.334 e. The number of hydrogen-bond acceptors (Lipinski definition) is 3. The van der Waals surface area contributed by atoms with Gasteiger partial charge in [-0.15, -0.1) is 0 Å². The van der Waals surface area contributed by atoms with E-state index < -0.39 is 11.8 Å². The first kappa shape index (κ1) is 18.1. The predicted octanol–water partition coefficient (Wildman–Crippen LogP) is 2.29. The number of hydrazine groups is 1. The second-order valence-electron chi connectivity index (χ2n) is 6.72. The Bertz CT molecular complexity index is 711. The topological polar surface area (TPSA) is 61.4 Å². The van der Waals surface area contributed by atoms with Gasteiger partial charge in [0.1, 0.15) is 0 Å². The fourth-order valence-corrected chi connectivity index (χ4v) is 3.31. The number of nitrogens with one attached hydrogen (secondary N) is 2. The third-order valence-corrected chi connectivity index (χ3v) is 4.80. The smallest absolute Gasteiger partial charge is 0.323 e. The van der Waals surface area contributed by atoms with Crippen molar-refractivity contribution < 1.29 is 9.59 Å². The lowest BCUT2D eigenvalue weighted by atomic mass is 9.90. The van der Waals surface area contributed by atoms with Gasteiger partial charge in [-0.1, -0.05) is 60.7 Å². The molecule has 1 fully saturated rings. The van der Waals surface area contributed by atoms with Crippen LogP contribution in [0.15, 0.2) is 60.7 Å². The molecule has 0 atom stereocenters. The van der Waals surface area contributed by atoms with Gasteiger partial charge in [-0.2, -0.15) is 0 Å². The molecule has 0 spiro atoms. The first-order valence-electron chi connectivity index (χ1n) is 9.12. The third kappa shape index (κ3) is 5.17. The maximum absolute atomic E-state index is 12.3. The zero-order valence-corrected chi connectivity index (χ0v) is 14.9. The Kier molecular flexibility index (Phi) is 6.39. The van der Waals surface area contributed by atoms with Crippen LogP contribution in [-0.2, 0) is 22.6 Å². The van der Waals surface area contributed by atoms with E-state index in [4.69, 9.17) is 0 Å². The number of carbonyl (C=O) groups excluding carboxylic acids is 2. The first-order valence-corrected chi connectivity index (χ1v) is 9.12. The Morgan fingerprint density at radius 2 is 1.46 bits per heavy atom. The van der Waals surface area contributed by atoms with Gasteiger partial charge in [0.2, 0.25) is 0 Å². The van der Waals surface area contributed by atoms with E-state index in [0.29, 0.717) is 25.6 Å². The lowest BCUT2D eigenvalue weighted by Gasteiger charge is -2.31. The molecule has 2 amide bonds. The van der Waals surface area contributed by atoms with Crippen LogP contribution in [0, 0.1) is 5.92 Å². The molecule has 1 aliphatic heterocycles. The summed E-state index contributed by atoms with van der Waals surface area (Å²) in [5, 5.41) is 0. The van der Waals surface area contributed by atoms with Crippen LogP contribution >= 0.6 is 0 Å². The van der Waals surface area contributed by atoms with Crippen LogP contribution in [0.25, 0.3) is 0 Å². The van der Waals surface area contributed by atoms with E-state index in [1.807, 2.05) is 36.4 Å². The molecule has 0 saturated carbocycles. The van der Waals surface area contributed by atoms with Crippen molar-refractivity contribution in [2.75, 3.05) is 13.1 Å². The molecule has 0 aliphatic carbocycles. The van der Waals surface area contributed by atoms with Crippen molar-refractivity contribution in [1.29, 1.82) is 0 Å². The lowest BCUT2D eigenvalue weighted by molar-refractivity contribution is -0.147. The van der Waals surface area contributed by atoms with Gasteiger partial charge in [0.05, 0.1) is 0 Å². The maximum Gasteiger partial charge on any atom is 0.323 e. The fraction of sp³-hybridized carbons (Fsp3) is 0.333. The average molecular weight is 351 g/mol. The standard InChI is InChI=1S/C21H25N3O2/c25-20(23-22-16-19-9-5-2-6-10-19)21(26)24-13-11-18(12-14-24)15-17-7-3-1-4-8-17/h1-10,18,22H,11-16H2,(H,23,25). The average Bonchev–Trinajstić information content (AvgIpc) is 2.69. The van der Waals surface area contributed by atoms with Crippen molar-refractivity contribution in [1.82, 2.24) is 15.8 Å². The SMILES string of the molecule is O=C(NNCc1ccccc1)C(=O)N1CCC(Cc2ccccc2)CC1. The molecule has 0 bridgehead atoms. The molecule has 136 valence electrons. The van der Waals surface area contributed by atoms with E-state index in [0.717, 1.165) is 24.8 Å².